The van der Waals surface area contributed by atoms with Gasteiger partial charge in [-0.1, -0.05) is 28.1 Å². The molecule has 0 spiro atoms. The summed E-state index contributed by atoms with van der Waals surface area (Å²) >= 11 is 3.40. The smallest absolute Gasteiger partial charge is 0.189 e. The van der Waals surface area contributed by atoms with E-state index in [2.05, 4.69) is 41.4 Å². The number of H-pyrrole nitrogens is 1. The molecule has 20 heavy (non-hydrogen) atoms. The van der Waals surface area contributed by atoms with Gasteiger partial charge >= 0.3 is 0 Å². The maximum atomic E-state index is 5.73. The number of hydrogen-bond acceptors (Lipinski definition) is 3. The Bertz CT molecular complexity index is 587. The quantitative estimate of drug-likeness (QED) is 0.588. The first kappa shape index (κ1) is 14.5. The molecule has 6 nitrogen and oxygen atoms in total. The molecule has 0 saturated carbocycles. The van der Waals surface area contributed by atoms with E-state index in [4.69, 9.17) is 5.73 Å². The second-order valence-corrected chi connectivity index (χ2v) is 5.53. The zero-order chi connectivity index (χ0) is 14.5. The number of nitrogens with zero attached hydrogens (tertiary/aromatic N) is 3. The molecule has 0 saturated heterocycles. The highest BCUT2D eigenvalue weighted by Crippen LogP contribution is 2.18. The van der Waals surface area contributed by atoms with E-state index in [-0.39, 0.29) is 6.04 Å². The van der Waals surface area contributed by atoms with Crippen LogP contribution >= 0.6 is 15.9 Å². The minimum absolute atomic E-state index is 0.256. The van der Waals surface area contributed by atoms with Gasteiger partial charge in [-0.05, 0) is 26.0 Å². The first-order chi connectivity index (χ1) is 9.54. The highest BCUT2D eigenvalue weighted by atomic mass is 79.9. The van der Waals surface area contributed by atoms with Crippen molar-refractivity contribution in [2.75, 3.05) is 0 Å². The highest BCUT2D eigenvalue weighted by molar-refractivity contribution is 9.10. The number of halogens is 1. The van der Waals surface area contributed by atoms with Gasteiger partial charge < -0.3 is 11.1 Å². The monoisotopic (exact) mass is 336 g/mol. The van der Waals surface area contributed by atoms with Crippen LogP contribution in [-0.2, 0) is 6.54 Å². The molecule has 2 aromatic rings. The van der Waals surface area contributed by atoms with Crippen LogP contribution in [0.1, 0.15) is 19.7 Å². The molecule has 1 aromatic carbocycles. The number of aromatic nitrogens is 3. The zero-order valence-corrected chi connectivity index (χ0v) is 13.0. The van der Waals surface area contributed by atoms with Crippen molar-refractivity contribution in [1.29, 1.82) is 0 Å². The summed E-state index contributed by atoms with van der Waals surface area (Å²) in [5.41, 5.74) is 6.68. The Kier molecular flexibility index (Phi) is 4.73. The Hall–Kier alpha value is -1.89. The van der Waals surface area contributed by atoms with Gasteiger partial charge in [0.25, 0.3) is 0 Å². The van der Waals surface area contributed by atoms with Crippen LogP contribution in [0.3, 0.4) is 0 Å². The van der Waals surface area contributed by atoms with Crippen LogP contribution in [0.2, 0.25) is 0 Å². The Morgan fingerprint density at radius 1 is 1.40 bits per heavy atom. The first-order valence-corrected chi connectivity index (χ1v) is 7.07. The Labute approximate surface area is 126 Å². The lowest BCUT2D eigenvalue weighted by Crippen LogP contribution is -2.36. The van der Waals surface area contributed by atoms with E-state index in [1.165, 1.54) is 0 Å². The van der Waals surface area contributed by atoms with Crippen molar-refractivity contribution in [1.82, 2.24) is 20.5 Å². The minimum atomic E-state index is 0.256. The summed E-state index contributed by atoms with van der Waals surface area (Å²) in [6.45, 7) is 4.38. The molecule has 0 radical (unpaired) electrons. The third-order valence-electron chi connectivity index (χ3n) is 2.47. The molecular formula is C13H17BrN6. The van der Waals surface area contributed by atoms with Crippen molar-refractivity contribution < 1.29 is 0 Å². The standard InChI is InChI=1S/C13H17BrN6/c1-8(2)17-13(15)16-7-11-18-12(20-19-11)9-3-5-10(14)6-4-9/h3-6,8H,7H2,1-2H3,(H3,15,16,17)(H,18,19,20). The van der Waals surface area contributed by atoms with Crippen molar-refractivity contribution in [2.45, 2.75) is 26.4 Å². The van der Waals surface area contributed by atoms with Gasteiger partial charge in [-0.3, -0.25) is 5.10 Å². The van der Waals surface area contributed by atoms with E-state index < -0.39 is 0 Å². The molecule has 0 fully saturated rings. The van der Waals surface area contributed by atoms with Crippen LogP contribution in [0, 0.1) is 0 Å². The van der Waals surface area contributed by atoms with Gasteiger partial charge in [-0.15, -0.1) is 0 Å². The number of nitrogens with two attached hydrogens (primary N) is 1. The average molecular weight is 337 g/mol. The topological polar surface area (TPSA) is 92.0 Å². The second kappa shape index (κ2) is 6.51. The molecule has 106 valence electrons. The third kappa shape index (κ3) is 4.06. The van der Waals surface area contributed by atoms with Gasteiger partial charge in [0.05, 0.1) is 0 Å². The molecule has 2 rings (SSSR count). The minimum Gasteiger partial charge on any atom is -0.370 e. The van der Waals surface area contributed by atoms with Crippen LogP contribution in [0.4, 0.5) is 0 Å². The van der Waals surface area contributed by atoms with Gasteiger partial charge in [0.15, 0.2) is 11.8 Å². The van der Waals surface area contributed by atoms with Gasteiger partial charge in [0, 0.05) is 16.1 Å². The summed E-state index contributed by atoms with van der Waals surface area (Å²) in [6.07, 6.45) is 0. The Morgan fingerprint density at radius 2 is 2.10 bits per heavy atom. The summed E-state index contributed by atoms with van der Waals surface area (Å²) < 4.78 is 1.02. The number of aliphatic imine (C=N–C) groups is 1. The van der Waals surface area contributed by atoms with Crippen molar-refractivity contribution in [2.24, 2.45) is 10.7 Å². The number of guanidine groups is 1. The van der Waals surface area contributed by atoms with E-state index in [1.807, 2.05) is 38.1 Å². The number of hydrogen-bond donors (Lipinski definition) is 3. The average Bonchev–Trinajstić information content (AvgIpc) is 2.85. The van der Waals surface area contributed by atoms with Crippen LogP contribution in [0.15, 0.2) is 33.7 Å². The van der Waals surface area contributed by atoms with Crippen molar-refractivity contribution in [3.63, 3.8) is 0 Å². The van der Waals surface area contributed by atoms with Crippen LogP contribution in [0.5, 0.6) is 0 Å². The fraction of sp³-hybridized carbons (Fsp3) is 0.308. The molecule has 0 amide bonds. The SMILES string of the molecule is CC(C)NC(N)=NCc1nc(-c2ccc(Br)cc2)n[nH]1. The predicted octanol–water partition coefficient (Wildman–Crippen LogP) is 2.05. The lowest BCUT2D eigenvalue weighted by atomic mass is 10.2. The molecule has 4 N–H and O–H groups in total. The summed E-state index contributed by atoms with van der Waals surface area (Å²) in [4.78, 5) is 8.59. The van der Waals surface area contributed by atoms with E-state index in [9.17, 15) is 0 Å². The predicted molar refractivity (Wildman–Crippen MR) is 83.1 cm³/mol. The summed E-state index contributed by atoms with van der Waals surface area (Å²) in [7, 11) is 0. The lowest BCUT2D eigenvalue weighted by Gasteiger charge is -2.07. The first-order valence-electron chi connectivity index (χ1n) is 6.28. The van der Waals surface area contributed by atoms with E-state index >= 15 is 0 Å². The molecule has 0 aliphatic carbocycles. The molecule has 0 bridgehead atoms. The molecule has 0 unspecified atom stereocenters. The number of aromatic amines is 1. The van der Waals surface area contributed by atoms with E-state index in [1.54, 1.807) is 0 Å². The second-order valence-electron chi connectivity index (χ2n) is 4.61. The Balaban J connectivity index is 2.04. The molecule has 0 aliphatic heterocycles. The third-order valence-corrected chi connectivity index (χ3v) is 3.00. The highest BCUT2D eigenvalue weighted by Gasteiger charge is 2.05. The number of rotatable bonds is 4. The fourth-order valence-electron chi connectivity index (χ4n) is 1.60. The maximum Gasteiger partial charge on any atom is 0.189 e. The van der Waals surface area contributed by atoms with Gasteiger partial charge in [0.1, 0.15) is 12.4 Å². The van der Waals surface area contributed by atoms with Gasteiger partial charge in [0.2, 0.25) is 0 Å². The fourth-order valence-corrected chi connectivity index (χ4v) is 1.86. The summed E-state index contributed by atoms with van der Waals surface area (Å²) in [5.74, 6) is 1.73. The van der Waals surface area contributed by atoms with Crippen LogP contribution in [-0.4, -0.2) is 27.2 Å². The van der Waals surface area contributed by atoms with E-state index in [0.29, 0.717) is 24.2 Å². The van der Waals surface area contributed by atoms with Gasteiger partial charge in [-0.25, -0.2) is 9.98 Å². The molecule has 1 heterocycles. The van der Waals surface area contributed by atoms with Gasteiger partial charge in [-0.2, -0.15) is 5.10 Å². The van der Waals surface area contributed by atoms with Crippen molar-refractivity contribution >= 4 is 21.9 Å². The normalized spacial score (nSPS) is 11.9. The van der Waals surface area contributed by atoms with Crippen LogP contribution in [0.25, 0.3) is 11.4 Å². The largest absolute Gasteiger partial charge is 0.370 e. The summed E-state index contributed by atoms with van der Waals surface area (Å²) in [6, 6.07) is 8.07. The maximum absolute atomic E-state index is 5.73. The number of nitrogens with one attached hydrogen (secondary N) is 2. The van der Waals surface area contributed by atoms with Crippen LogP contribution < -0.4 is 11.1 Å². The van der Waals surface area contributed by atoms with E-state index in [0.717, 1.165) is 10.0 Å². The summed E-state index contributed by atoms with van der Waals surface area (Å²) in [5, 5.41) is 10.1. The molecular weight excluding hydrogens is 320 g/mol. The Morgan fingerprint density at radius 3 is 2.75 bits per heavy atom. The van der Waals surface area contributed by atoms with Crippen molar-refractivity contribution in [3.05, 3.63) is 34.6 Å². The molecule has 0 aliphatic rings. The molecule has 1 aromatic heterocycles. The lowest BCUT2D eigenvalue weighted by molar-refractivity contribution is 0.722. The molecule has 7 heteroatoms. The molecule has 0 atom stereocenters. The number of benzene rings is 1. The van der Waals surface area contributed by atoms with Crippen molar-refractivity contribution in [3.8, 4) is 11.4 Å². The zero-order valence-electron chi connectivity index (χ0n) is 11.4.